The van der Waals surface area contributed by atoms with E-state index >= 15 is 0 Å². The SMILES string of the molecule is CCC([C-]=O)C(C)=O.CCC([C-]=O)C(C)=O.C[CH-]C.C[CH-]C.[Ti+4]. The molecule has 0 saturated carbocycles. The van der Waals surface area contributed by atoms with Gasteiger partial charge >= 0.3 is 21.7 Å². The fourth-order valence-electron chi connectivity index (χ4n) is 0.908. The average Bonchev–Trinajstić information content (AvgIpc) is 2.43. The van der Waals surface area contributed by atoms with Crippen molar-refractivity contribution < 1.29 is 40.9 Å². The minimum Gasteiger partial charge on any atom is -0.541 e. The van der Waals surface area contributed by atoms with Gasteiger partial charge in [0, 0.05) is 0 Å². The van der Waals surface area contributed by atoms with Gasteiger partial charge in [-0.15, -0.1) is 0 Å². The van der Waals surface area contributed by atoms with E-state index in [1.165, 1.54) is 13.8 Å². The standard InChI is InChI=1S/2C6H9O2.2C3H7.Ti/c2*1-3-6(4-7)5(2)8;2*1-3-2;/h2*6H,3H2,1-2H3;2*3H,1-2H3;/q4*-1;+4. The van der Waals surface area contributed by atoms with Gasteiger partial charge in [-0.1, -0.05) is 38.5 Å². The summed E-state index contributed by atoms with van der Waals surface area (Å²) in [6, 6.07) is 0. The molecule has 2 unspecified atom stereocenters. The van der Waals surface area contributed by atoms with Crippen LogP contribution < -0.4 is 0 Å². The Morgan fingerprint density at radius 1 is 0.783 bits per heavy atom. The molecule has 2 atom stereocenters. The summed E-state index contributed by atoms with van der Waals surface area (Å²) in [7, 11) is 0. The number of hydrogen-bond donors (Lipinski definition) is 0. The molecule has 4 nitrogen and oxygen atoms in total. The molecular formula is C18H32O4Ti. The van der Waals surface area contributed by atoms with E-state index in [1.54, 1.807) is 26.4 Å². The molecule has 0 amide bonds. The number of Topliss-reactive ketones (excluding diaryl/α,β-unsaturated/α-hetero) is 2. The fraction of sp³-hybridized carbons (Fsp3) is 0.667. The van der Waals surface area contributed by atoms with Crippen LogP contribution in [-0.2, 0) is 40.9 Å². The number of rotatable bonds is 6. The molecule has 23 heavy (non-hydrogen) atoms. The van der Waals surface area contributed by atoms with Gasteiger partial charge in [0.25, 0.3) is 0 Å². The van der Waals surface area contributed by atoms with Crippen molar-refractivity contribution in [3.63, 3.8) is 0 Å². The van der Waals surface area contributed by atoms with Gasteiger partial charge in [0.1, 0.15) is 11.6 Å². The monoisotopic (exact) mass is 360 g/mol. The molecule has 0 heterocycles. The third kappa shape index (κ3) is 34.0. The molecule has 0 radical (unpaired) electrons. The molecule has 0 aliphatic rings. The first-order valence-corrected chi connectivity index (χ1v) is 7.51. The van der Waals surface area contributed by atoms with Gasteiger partial charge in [0.15, 0.2) is 0 Å². The molecule has 0 aromatic heterocycles. The zero-order valence-corrected chi connectivity index (χ0v) is 17.4. The van der Waals surface area contributed by atoms with Crippen LogP contribution in [0.5, 0.6) is 0 Å². The van der Waals surface area contributed by atoms with Crippen LogP contribution in [0, 0.1) is 24.7 Å². The van der Waals surface area contributed by atoms with E-state index in [2.05, 4.69) is 0 Å². The maximum atomic E-state index is 10.3. The van der Waals surface area contributed by atoms with Crippen LogP contribution in [-0.4, -0.2) is 24.1 Å². The molecule has 132 valence electrons. The molecule has 0 bridgehead atoms. The molecule has 0 saturated heterocycles. The molecule has 0 aromatic rings. The van der Waals surface area contributed by atoms with Gasteiger partial charge < -0.3 is 32.0 Å². The first kappa shape index (κ1) is 33.9. The summed E-state index contributed by atoms with van der Waals surface area (Å²) in [5.41, 5.74) is 0. The van der Waals surface area contributed by atoms with Crippen molar-refractivity contribution in [2.75, 3.05) is 0 Å². The summed E-state index contributed by atoms with van der Waals surface area (Å²) >= 11 is 0. The molecule has 0 rings (SSSR count). The fourth-order valence-corrected chi connectivity index (χ4v) is 0.908. The van der Waals surface area contributed by atoms with Crippen LogP contribution in [0.3, 0.4) is 0 Å². The molecule has 0 fully saturated rings. The predicted octanol–water partition coefficient (Wildman–Crippen LogP) is 3.88. The zero-order chi connectivity index (χ0) is 18.6. The van der Waals surface area contributed by atoms with Crippen LogP contribution >= 0.6 is 0 Å². The predicted molar refractivity (Wildman–Crippen MR) is 91.6 cm³/mol. The second-order valence-corrected chi connectivity index (χ2v) is 4.53. The molecule has 0 aromatic carbocycles. The summed E-state index contributed by atoms with van der Waals surface area (Å²) in [6.45, 7) is 14.4. The Morgan fingerprint density at radius 2 is 0.957 bits per heavy atom. The Labute approximate surface area is 158 Å². The maximum Gasteiger partial charge on any atom is 4.00 e. The third-order valence-electron chi connectivity index (χ3n) is 2.08. The summed E-state index contributed by atoms with van der Waals surface area (Å²) in [5, 5.41) is 0. The van der Waals surface area contributed by atoms with Gasteiger partial charge in [-0.25, -0.2) is 0 Å². The van der Waals surface area contributed by atoms with Gasteiger partial charge in [0.05, 0.1) is 0 Å². The summed E-state index contributed by atoms with van der Waals surface area (Å²) < 4.78 is 0. The molecule has 5 heteroatoms. The first-order valence-electron chi connectivity index (χ1n) is 7.51. The van der Waals surface area contributed by atoms with Crippen molar-refractivity contribution in [3.8, 4) is 0 Å². The normalized spacial score (nSPS) is 10.4. The zero-order valence-electron chi connectivity index (χ0n) is 15.9. The first-order chi connectivity index (χ1) is 10.3. The Hall–Kier alpha value is -0.606. The van der Waals surface area contributed by atoms with E-state index in [0.717, 1.165) is 0 Å². The molecule has 0 spiro atoms. The van der Waals surface area contributed by atoms with E-state index in [9.17, 15) is 19.2 Å². The third-order valence-corrected chi connectivity index (χ3v) is 2.08. The van der Waals surface area contributed by atoms with E-state index in [1.807, 2.05) is 40.5 Å². The molecule has 0 aliphatic heterocycles. The van der Waals surface area contributed by atoms with Crippen molar-refractivity contribution in [3.05, 3.63) is 12.8 Å². The minimum atomic E-state index is -0.491. The maximum absolute atomic E-state index is 10.3. The van der Waals surface area contributed by atoms with Crippen molar-refractivity contribution in [1.82, 2.24) is 0 Å². The van der Waals surface area contributed by atoms with E-state index in [0.29, 0.717) is 12.8 Å². The Morgan fingerprint density at radius 3 is 0.957 bits per heavy atom. The summed E-state index contributed by atoms with van der Waals surface area (Å²) in [4.78, 5) is 40.4. The van der Waals surface area contributed by atoms with Gasteiger partial charge in [-0.2, -0.15) is 27.7 Å². The van der Waals surface area contributed by atoms with E-state index in [-0.39, 0.29) is 33.3 Å². The van der Waals surface area contributed by atoms with E-state index in [4.69, 9.17) is 0 Å². The number of carbonyl (C=O) groups excluding carboxylic acids is 4. The van der Waals surface area contributed by atoms with Crippen LogP contribution in [0.15, 0.2) is 0 Å². The Kier molecular flexibility index (Phi) is 43.3. The van der Waals surface area contributed by atoms with Gasteiger partial charge in [0.2, 0.25) is 0 Å². The molecule has 0 N–H and O–H groups in total. The smallest absolute Gasteiger partial charge is 0.541 e. The Bertz CT molecular complexity index is 250. The largest absolute Gasteiger partial charge is 4.00 e. The van der Waals surface area contributed by atoms with Crippen molar-refractivity contribution >= 4 is 24.1 Å². The number of ketones is 2. The van der Waals surface area contributed by atoms with Crippen LogP contribution in [0.1, 0.15) is 68.2 Å². The molecule has 0 aliphatic carbocycles. The second kappa shape index (κ2) is 29.4. The summed E-state index contributed by atoms with van der Waals surface area (Å²) in [5.74, 6) is -1.17. The van der Waals surface area contributed by atoms with Crippen molar-refractivity contribution in [1.29, 1.82) is 0 Å². The Balaban J connectivity index is -0.0000000680. The van der Waals surface area contributed by atoms with Crippen LogP contribution in [0.25, 0.3) is 0 Å². The topological polar surface area (TPSA) is 68.3 Å². The average molecular weight is 360 g/mol. The van der Waals surface area contributed by atoms with Gasteiger partial charge in [-0.05, 0) is 13.8 Å². The minimum absolute atomic E-state index is 0. The number of carbonyl (C=O) groups is 2. The van der Waals surface area contributed by atoms with Crippen molar-refractivity contribution in [2.24, 2.45) is 11.8 Å². The quantitative estimate of drug-likeness (QED) is 0.409. The van der Waals surface area contributed by atoms with Crippen LogP contribution in [0.4, 0.5) is 0 Å². The van der Waals surface area contributed by atoms with Crippen molar-refractivity contribution in [2.45, 2.75) is 68.2 Å². The van der Waals surface area contributed by atoms with Crippen LogP contribution in [0.2, 0.25) is 0 Å². The molecular weight excluding hydrogens is 328 g/mol. The number of hydrogen-bond acceptors (Lipinski definition) is 4. The van der Waals surface area contributed by atoms with E-state index < -0.39 is 11.8 Å². The van der Waals surface area contributed by atoms with Gasteiger partial charge in [-0.3, -0.25) is 12.6 Å². The summed E-state index contributed by atoms with van der Waals surface area (Å²) in [6.07, 6.45) is 8.44. The second-order valence-electron chi connectivity index (χ2n) is 4.53.